The number of amides is 1. The normalized spacial score (nSPS) is 17.1. The van der Waals surface area contributed by atoms with Gasteiger partial charge in [0.05, 0.1) is 34.5 Å². The van der Waals surface area contributed by atoms with Crippen molar-refractivity contribution in [3.63, 3.8) is 0 Å². The Labute approximate surface area is 182 Å². The molecular weight excluding hydrogens is 414 g/mol. The Balaban J connectivity index is 1.25. The summed E-state index contributed by atoms with van der Waals surface area (Å²) in [6.45, 7) is 1.65. The van der Waals surface area contributed by atoms with Crippen molar-refractivity contribution in [3.05, 3.63) is 40.6 Å². The molecule has 1 aliphatic heterocycles. The Bertz CT molecular complexity index is 1200. The number of aromatic nitrogens is 3. The number of thiazole rings is 1. The van der Waals surface area contributed by atoms with Gasteiger partial charge in [0.25, 0.3) is 5.91 Å². The first-order valence-electron chi connectivity index (χ1n) is 10.5. The van der Waals surface area contributed by atoms with Crippen molar-refractivity contribution in [2.75, 3.05) is 13.1 Å². The van der Waals surface area contributed by atoms with E-state index in [1.807, 2.05) is 23.1 Å². The van der Waals surface area contributed by atoms with E-state index in [1.54, 1.807) is 0 Å². The second kappa shape index (κ2) is 7.85. The average molecular weight is 436 g/mol. The molecule has 9 heteroatoms. The molecule has 0 atom stereocenters. The lowest BCUT2D eigenvalue weighted by Gasteiger charge is -2.14. The van der Waals surface area contributed by atoms with Crippen LogP contribution in [0.15, 0.2) is 22.6 Å². The first kappa shape index (κ1) is 19.8. The molecule has 1 saturated heterocycles. The molecule has 5 rings (SSSR count). The number of benzene rings is 1. The molecule has 0 spiro atoms. The molecule has 0 unspecified atom stereocenters. The second-order valence-corrected chi connectivity index (χ2v) is 9.46. The predicted octanol–water partition coefficient (Wildman–Crippen LogP) is 3.31. The molecule has 3 aromatic rings. The van der Waals surface area contributed by atoms with Crippen LogP contribution in [0.25, 0.3) is 10.2 Å². The molecular formula is C22H21N5O3S. The summed E-state index contributed by atoms with van der Waals surface area (Å²) >= 11 is 1.50. The van der Waals surface area contributed by atoms with Crippen molar-refractivity contribution in [2.45, 2.75) is 44.9 Å². The Hall–Kier alpha value is -3.12. The van der Waals surface area contributed by atoms with Gasteiger partial charge in [0.15, 0.2) is 0 Å². The van der Waals surface area contributed by atoms with Crippen LogP contribution in [0.2, 0.25) is 0 Å². The van der Waals surface area contributed by atoms with Gasteiger partial charge in [-0.3, -0.25) is 9.59 Å². The Morgan fingerprint density at radius 1 is 1.19 bits per heavy atom. The van der Waals surface area contributed by atoms with Gasteiger partial charge in [-0.2, -0.15) is 5.26 Å². The maximum atomic E-state index is 12.6. The fraction of sp³-hybridized carbons (Fsp3) is 0.455. The quantitative estimate of drug-likeness (QED) is 0.559. The number of carbonyl (C=O) groups is 2. The maximum Gasteiger partial charge on any atom is 0.253 e. The van der Waals surface area contributed by atoms with Gasteiger partial charge < -0.3 is 9.32 Å². The monoisotopic (exact) mass is 435 g/mol. The lowest BCUT2D eigenvalue weighted by atomic mass is 10.00. The van der Waals surface area contributed by atoms with Gasteiger partial charge >= 0.3 is 0 Å². The third kappa shape index (κ3) is 4.21. The molecule has 1 aliphatic carbocycles. The Morgan fingerprint density at radius 3 is 2.71 bits per heavy atom. The van der Waals surface area contributed by atoms with Crippen LogP contribution >= 0.6 is 11.3 Å². The predicted molar refractivity (Wildman–Crippen MR) is 112 cm³/mol. The molecule has 2 fully saturated rings. The zero-order valence-electron chi connectivity index (χ0n) is 17.0. The minimum atomic E-state index is -0.462. The standard InChI is InChI=1S/C22H21N5O3S/c23-13-22(5-6-22)12-15(28)10-18-25-26-19(30-18)11-20-24-16-4-3-14(9-17(16)31-20)21(29)27-7-1-2-8-27/h3-4,9H,1-2,5-8,10-12H2. The summed E-state index contributed by atoms with van der Waals surface area (Å²) < 4.78 is 6.58. The van der Waals surface area contributed by atoms with E-state index in [0.29, 0.717) is 17.9 Å². The number of carbonyl (C=O) groups excluding carboxylic acids is 2. The molecule has 3 heterocycles. The minimum Gasteiger partial charge on any atom is -0.424 e. The van der Waals surface area contributed by atoms with Gasteiger partial charge in [-0.15, -0.1) is 21.5 Å². The van der Waals surface area contributed by atoms with Crippen molar-refractivity contribution >= 4 is 33.2 Å². The van der Waals surface area contributed by atoms with Crippen molar-refractivity contribution in [2.24, 2.45) is 5.41 Å². The molecule has 31 heavy (non-hydrogen) atoms. The number of fused-ring (bicyclic) bond motifs is 1. The van der Waals surface area contributed by atoms with E-state index in [1.165, 1.54) is 11.3 Å². The van der Waals surface area contributed by atoms with Crippen LogP contribution < -0.4 is 0 Å². The number of Topliss-reactive ketones (excluding diaryl/α,β-unsaturated/α-hetero) is 1. The third-order valence-electron chi connectivity index (χ3n) is 5.86. The van der Waals surface area contributed by atoms with Crippen LogP contribution in [0.1, 0.15) is 59.3 Å². The topological polar surface area (TPSA) is 113 Å². The molecule has 0 bridgehead atoms. The summed E-state index contributed by atoms with van der Waals surface area (Å²) in [5.41, 5.74) is 1.06. The molecule has 2 aliphatic rings. The highest BCUT2D eigenvalue weighted by atomic mass is 32.1. The van der Waals surface area contributed by atoms with Crippen LogP contribution in [-0.2, 0) is 17.6 Å². The van der Waals surface area contributed by atoms with Gasteiger partial charge in [0, 0.05) is 25.1 Å². The summed E-state index contributed by atoms with van der Waals surface area (Å²) in [5.74, 6) is 0.694. The van der Waals surface area contributed by atoms with Gasteiger partial charge in [-0.25, -0.2) is 4.98 Å². The Kier molecular flexibility index (Phi) is 5.02. The fourth-order valence-corrected chi connectivity index (χ4v) is 4.93. The van der Waals surface area contributed by atoms with E-state index in [9.17, 15) is 9.59 Å². The van der Waals surface area contributed by atoms with Gasteiger partial charge in [0.2, 0.25) is 11.8 Å². The smallest absolute Gasteiger partial charge is 0.253 e. The summed E-state index contributed by atoms with van der Waals surface area (Å²) in [5, 5.41) is 17.9. The number of hydrogen-bond donors (Lipinski definition) is 0. The largest absolute Gasteiger partial charge is 0.424 e. The lowest BCUT2D eigenvalue weighted by molar-refractivity contribution is -0.119. The Morgan fingerprint density at radius 2 is 1.97 bits per heavy atom. The number of hydrogen-bond acceptors (Lipinski definition) is 8. The number of likely N-dealkylation sites (tertiary alicyclic amines) is 1. The van der Waals surface area contributed by atoms with Crippen LogP contribution in [0.5, 0.6) is 0 Å². The zero-order valence-corrected chi connectivity index (χ0v) is 17.8. The second-order valence-electron chi connectivity index (χ2n) is 8.34. The average Bonchev–Trinajstić information content (AvgIpc) is 3.15. The molecule has 158 valence electrons. The number of rotatable bonds is 7. The molecule has 1 amide bonds. The van der Waals surface area contributed by atoms with Crippen LogP contribution in [-0.4, -0.2) is 44.9 Å². The highest BCUT2D eigenvalue weighted by molar-refractivity contribution is 7.18. The highest BCUT2D eigenvalue weighted by Crippen LogP contribution is 2.48. The zero-order chi connectivity index (χ0) is 21.4. The number of ketones is 1. The van der Waals surface area contributed by atoms with Crippen molar-refractivity contribution in [1.29, 1.82) is 5.26 Å². The first-order valence-corrected chi connectivity index (χ1v) is 11.3. The highest BCUT2D eigenvalue weighted by Gasteiger charge is 2.44. The molecule has 1 aromatic carbocycles. The lowest BCUT2D eigenvalue weighted by Crippen LogP contribution is -2.27. The van der Waals surface area contributed by atoms with E-state index < -0.39 is 5.41 Å². The molecule has 0 N–H and O–H groups in total. The SMILES string of the molecule is N#CC1(CC(=O)Cc2nnc(Cc3nc4ccc(C(=O)N5CCCC5)cc4s3)o2)CC1. The minimum absolute atomic E-state index is 0.0514. The maximum absolute atomic E-state index is 12.6. The van der Waals surface area contributed by atoms with Crippen LogP contribution in [0.3, 0.4) is 0 Å². The number of nitrogens with zero attached hydrogens (tertiary/aromatic N) is 5. The summed E-state index contributed by atoms with van der Waals surface area (Å²) in [6, 6.07) is 7.83. The van der Waals surface area contributed by atoms with Gasteiger partial charge in [-0.1, -0.05) is 0 Å². The van der Waals surface area contributed by atoms with E-state index in [2.05, 4.69) is 21.3 Å². The van der Waals surface area contributed by atoms with Crippen molar-refractivity contribution in [1.82, 2.24) is 20.1 Å². The fourth-order valence-electron chi connectivity index (χ4n) is 3.93. The van der Waals surface area contributed by atoms with E-state index >= 15 is 0 Å². The number of nitriles is 1. The molecule has 1 saturated carbocycles. The summed E-state index contributed by atoms with van der Waals surface area (Å²) in [4.78, 5) is 31.3. The molecule has 8 nitrogen and oxygen atoms in total. The van der Waals surface area contributed by atoms with Crippen LogP contribution in [0, 0.1) is 16.7 Å². The van der Waals surface area contributed by atoms with Gasteiger partial charge in [-0.05, 0) is 43.9 Å². The van der Waals surface area contributed by atoms with E-state index in [-0.39, 0.29) is 30.4 Å². The molecule has 0 radical (unpaired) electrons. The van der Waals surface area contributed by atoms with E-state index in [4.69, 9.17) is 9.68 Å². The first-order chi connectivity index (χ1) is 15.0. The van der Waals surface area contributed by atoms with Gasteiger partial charge in [0.1, 0.15) is 10.8 Å². The molecule has 2 aromatic heterocycles. The van der Waals surface area contributed by atoms with Crippen molar-refractivity contribution in [3.8, 4) is 6.07 Å². The third-order valence-corrected chi connectivity index (χ3v) is 6.88. The summed E-state index contributed by atoms with van der Waals surface area (Å²) in [6.07, 6.45) is 4.37. The van der Waals surface area contributed by atoms with Crippen molar-refractivity contribution < 1.29 is 14.0 Å². The van der Waals surface area contributed by atoms with E-state index in [0.717, 1.165) is 54.0 Å². The van der Waals surface area contributed by atoms with Crippen LogP contribution in [0.4, 0.5) is 0 Å². The summed E-state index contributed by atoms with van der Waals surface area (Å²) in [7, 11) is 0.